The van der Waals surface area contributed by atoms with Gasteiger partial charge in [-0.25, -0.2) is 9.97 Å². The van der Waals surface area contributed by atoms with Crippen LogP contribution in [0.15, 0.2) is 0 Å². The predicted molar refractivity (Wildman–Crippen MR) is 58.3 cm³/mol. The van der Waals surface area contributed by atoms with Gasteiger partial charge in [0.15, 0.2) is 0 Å². The van der Waals surface area contributed by atoms with Crippen molar-refractivity contribution >= 4 is 5.82 Å². The fraction of sp³-hybridized carbons (Fsp3) is 0.600. The van der Waals surface area contributed by atoms with Crippen LogP contribution in [0.2, 0.25) is 0 Å². The van der Waals surface area contributed by atoms with Crippen LogP contribution < -0.4 is 11.1 Å². The van der Waals surface area contributed by atoms with Crippen LogP contribution in [0.25, 0.3) is 0 Å². The van der Waals surface area contributed by atoms with Gasteiger partial charge < -0.3 is 11.1 Å². The van der Waals surface area contributed by atoms with E-state index in [1.165, 1.54) is 5.56 Å². The van der Waals surface area contributed by atoms with E-state index in [1.54, 1.807) is 0 Å². The van der Waals surface area contributed by atoms with E-state index in [0.717, 1.165) is 11.5 Å². The van der Waals surface area contributed by atoms with Crippen molar-refractivity contribution in [2.24, 2.45) is 5.73 Å². The topological polar surface area (TPSA) is 63.8 Å². The van der Waals surface area contributed by atoms with Gasteiger partial charge >= 0.3 is 0 Å². The van der Waals surface area contributed by atoms with Gasteiger partial charge in [-0.3, -0.25) is 0 Å². The molecule has 0 fully saturated rings. The zero-order valence-corrected chi connectivity index (χ0v) is 9.26. The highest BCUT2D eigenvalue weighted by atomic mass is 15.0. The summed E-state index contributed by atoms with van der Waals surface area (Å²) in [4.78, 5) is 8.69. The molecule has 0 atom stereocenters. The normalized spacial score (nSPS) is 10.7. The van der Waals surface area contributed by atoms with E-state index in [9.17, 15) is 0 Å². The average molecular weight is 194 g/mol. The Hall–Kier alpha value is -1.16. The molecule has 0 unspecified atom stereocenters. The molecule has 0 aliphatic rings. The molecule has 0 spiro atoms. The molecule has 0 saturated heterocycles. The third-order valence-electron chi connectivity index (χ3n) is 2.18. The summed E-state index contributed by atoms with van der Waals surface area (Å²) >= 11 is 0. The molecule has 0 aromatic carbocycles. The van der Waals surface area contributed by atoms with Crippen LogP contribution in [0.1, 0.15) is 36.8 Å². The third kappa shape index (κ3) is 2.01. The van der Waals surface area contributed by atoms with Crippen molar-refractivity contribution in [1.29, 1.82) is 0 Å². The minimum Gasteiger partial charge on any atom is -0.373 e. The summed E-state index contributed by atoms with van der Waals surface area (Å²) in [6, 6.07) is 0. The SMILES string of the molecule is CNc1nc(CN)nc(C)c1C(C)C. The maximum absolute atomic E-state index is 5.52. The van der Waals surface area contributed by atoms with Crippen LogP contribution >= 0.6 is 0 Å². The quantitative estimate of drug-likeness (QED) is 0.763. The maximum Gasteiger partial charge on any atom is 0.144 e. The molecule has 4 nitrogen and oxygen atoms in total. The van der Waals surface area contributed by atoms with Gasteiger partial charge in [0, 0.05) is 18.3 Å². The number of anilines is 1. The Bertz CT molecular complexity index is 320. The Kier molecular flexibility index (Phi) is 3.41. The van der Waals surface area contributed by atoms with E-state index in [2.05, 4.69) is 29.1 Å². The smallest absolute Gasteiger partial charge is 0.144 e. The highest BCUT2D eigenvalue weighted by molar-refractivity contribution is 5.47. The number of nitrogens with two attached hydrogens (primary N) is 1. The van der Waals surface area contributed by atoms with Crippen LogP contribution in [0.4, 0.5) is 5.82 Å². The first-order valence-electron chi connectivity index (χ1n) is 4.85. The number of rotatable bonds is 3. The van der Waals surface area contributed by atoms with Crippen LogP contribution in [0, 0.1) is 6.92 Å². The van der Waals surface area contributed by atoms with Crippen LogP contribution in [-0.4, -0.2) is 17.0 Å². The van der Waals surface area contributed by atoms with Gasteiger partial charge in [-0.2, -0.15) is 0 Å². The number of nitrogens with one attached hydrogen (secondary N) is 1. The maximum atomic E-state index is 5.52. The number of nitrogens with zero attached hydrogens (tertiary/aromatic N) is 2. The van der Waals surface area contributed by atoms with Gasteiger partial charge in [0.05, 0.1) is 6.54 Å². The standard InChI is InChI=1S/C10H18N4/c1-6(2)9-7(3)13-8(5-11)14-10(9)12-4/h6H,5,11H2,1-4H3,(H,12,13,14). The molecule has 0 aliphatic heterocycles. The first kappa shape index (κ1) is 10.9. The number of hydrogen-bond donors (Lipinski definition) is 2. The Morgan fingerprint density at radius 1 is 1.36 bits per heavy atom. The first-order chi connectivity index (χ1) is 6.60. The summed E-state index contributed by atoms with van der Waals surface area (Å²) in [7, 11) is 1.87. The second kappa shape index (κ2) is 4.37. The van der Waals surface area contributed by atoms with Gasteiger partial charge in [-0.1, -0.05) is 13.8 Å². The molecule has 3 N–H and O–H groups in total. The molecule has 0 amide bonds. The molecule has 0 aliphatic carbocycles. The lowest BCUT2D eigenvalue weighted by atomic mass is 10.0. The fourth-order valence-corrected chi connectivity index (χ4v) is 1.61. The van der Waals surface area contributed by atoms with Crippen molar-refractivity contribution in [3.8, 4) is 0 Å². The van der Waals surface area contributed by atoms with Crippen molar-refractivity contribution in [3.63, 3.8) is 0 Å². The minimum atomic E-state index is 0.383. The molecule has 78 valence electrons. The fourth-order valence-electron chi connectivity index (χ4n) is 1.61. The largest absolute Gasteiger partial charge is 0.373 e. The van der Waals surface area contributed by atoms with Crippen molar-refractivity contribution in [1.82, 2.24) is 9.97 Å². The first-order valence-corrected chi connectivity index (χ1v) is 4.85. The Morgan fingerprint density at radius 3 is 2.43 bits per heavy atom. The molecular formula is C10H18N4. The lowest BCUT2D eigenvalue weighted by Gasteiger charge is -2.14. The van der Waals surface area contributed by atoms with Gasteiger partial charge in [0.25, 0.3) is 0 Å². The van der Waals surface area contributed by atoms with Gasteiger partial charge in [0.1, 0.15) is 11.6 Å². The second-order valence-electron chi connectivity index (χ2n) is 3.60. The van der Waals surface area contributed by atoms with Gasteiger partial charge in [-0.15, -0.1) is 0 Å². The molecule has 0 radical (unpaired) electrons. The van der Waals surface area contributed by atoms with E-state index in [-0.39, 0.29) is 0 Å². The van der Waals surface area contributed by atoms with Crippen LogP contribution in [0.3, 0.4) is 0 Å². The van der Waals surface area contributed by atoms with E-state index in [0.29, 0.717) is 18.3 Å². The summed E-state index contributed by atoms with van der Waals surface area (Å²) in [5, 5.41) is 3.09. The molecule has 4 heteroatoms. The molecule has 14 heavy (non-hydrogen) atoms. The van der Waals surface area contributed by atoms with E-state index in [1.807, 2.05) is 14.0 Å². The Labute approximate surface area is 85.0 Å². The zero-order valence-electron chi connectivity index (χ0n) is 9.26. The predicted octanol–water partition coefficient (Wildman–Crippen LogP) is 1.41. The molecule has 1 aromatic rings. The number of aromatic nitrogens is 2. The molecule has 0 bridgehead atoms. The molecule has 1 heterocycles. The monoisotopic (exact) mass is 194 g/mol. The van der Waals surface area contributed by atoms with Crippen LogP contribution in [-0.2, 0) is 6.54 Å². The van der Waals surface area contributed by atoms with Gasteiger partial charge in [0.2, 0.25) is 0 Å². The molecule has 1 aromatic heterocycles. The lowest BCUT2D eigenvalue weighted by Crippen LogP contribution is -2.11. The number of aryl methyl sites for hydroxylation is 1. The third-order valence-corrected chi connectivity index (χ3v) is 2.18. The molecule has 0 saturated carbocycles. The highest BCUT2D eigenvalue weighted by Gasteiger charge is 2.12. The number of hydrogen-bond acceptors (Lipinski definition) is 4. The summed E-state index contributed by atoms with van der Waals surface area (Å²) < 4.78 is 0. The van der Waals surface area contributed by atoms with Crippen molar-refractivity contribution < 1.29 is 0 Å². The second-order valence-corrected chi connectivity index (χ2v) is 3.60. The zero-order chi connectivity index (χ0) is 10.7. The summed E-state index contributed by atoms with van der Waals surface area (Å²) in [6.07, 6.45) is 0. The summed E-state index contributed by atoms with van der Waals surface area (Å²) in [5.41, 5.74) is 7.70. The van der Waals surface area contributed by atoms with E-state index < -0.39 is 0 Å². The Morgan fingerprint density at radius 2 is 2.00 bits per heavy atom. The lowest BCUT2D eigenvalue weighted by molar-refractivity contribution is 0.804. The van der Waals surface area contributed by atoms with E-state index >= 15 is 0 Å². The molecule has 1 rings (SSSR count). The van der Waals surface area contributed by atoms with Crippen molar-refractivity contribution in [3.05, 3.63) is 17.1 Å². The minimum absolute atomic E-state index is 0.383. The van der Waals surface area contributed by atoms with Gasteiger partial charge in [-0.05, 0) is 12.8 Å². The van der Waals surface area contributed by atoms with Crippen molar-refractivity contribution in [2.45, 2.75) is 33.2 Å². The Balaban J connectivity index is 3.27. The highest BCUT2D eigenvalue weighted by Crippen LogP contribution is 2.24. The van der Waals surface area contributed by atoms with E-state index in [4.69, 9.17) is 5.73 Å². The van der Waals surface area contributed by atoms with Crippen molar-refractivity contribution in [2.75, 3.05) is 12.4 Å². The summed E-state index contributed by atoms with van der Waals surface area (Å²) in [6.45, 7) is 6.65. The summed E-state index contributed by atoms with van der Waals surface area (Å²) in [5.74, 6) is 2.01. The molecular weight excluding hydrogens is 176 g/mol. The average Bonchev–Trinajstić information content (AvgIpc) is 2.15. The van der Waals surface area contributed by atoms with Crippen LogP contribution in [0.5, 0.6) is 0 Å².